The van der Waals surface area contributed by atoms with Gasteiger partial charge < -0.3 is 10.1 Å². The fourth-order valence-corrected chi connectivity index (χ4v) is 4.43. The van der Waals surface area contributed by atoms with Crippen molar-refractivity contribution in [1.29, 1.82) is 0 Å². The van der Waals surface area contributed by atoms with Crippen molar-refractivity contribution in [3.05, 3.63) is 27.2 Å². The van der Waals surface area contributed by atoms with Gasteiger partial charge in [-0.25, -0.2) is 9.59 Å². The zero-order valence-corrected chi connectivity index (χ0v) is 16.2. The third-order valence-corrected chi connectivity index (χ3v) is 5.75. The second kappa shape index (κ2) is 7.25. The summed E-state index contributed by atoms with van der Waals surface area (Å²) in [7, 11) is 0. The number of benzene rings is 1. The molecule has 1 heterocycles. The molecule has 0 radical (unpaired) electrons. The Kier molecular flexibility index (Phi) is 5.37. The monoisotopic (exact) mass is 418 g/mol. The highest BCUT2D eigenvalue weighted by Crippen LogP contribution is 2.39. The molecule has 140 valence electrons. The molecule has 2 fully saturated rings. The van der Waals surface area contributed by atoms with Crippen LogP contribution < -0.4 is 10.1 Å². The molecule has 3 amide bonds. The largest absolute Gasteiger partial charge is 0.422 e. The summed E-state index contributed by atoms with van der Waals surface area (Å²) in [6, 6.07) is 2.17. The Morgan fingerprint density at radius 1 is 1.27 bits per heavy atom. The van der Waals surface area contributed by atoms with Gasteiger partial charge in [0, 0.05) is 5.02 Å². The zero-order valence-electron chi connectivity index (χ0n) is 14.0. The SMILES string of the molecule is CC1CCCCC12NC(=O)N(CC(=O)Oc1c(Cl)cc(Cl)cc1Cl)C2=O. The number of imide groups is 1. The first kappa shape index (κ1) is 19.3. The number of esters is 1. The van der Waals surface area contributed by atoms with Crippen LogP contribution in [0.2, 0.25) is 15.1 Å². The Labute approximate surface area is 165 Å². The average molecular weight is 420 g/mol. The van der Waals surface area contributed by atoms with E-state index in [0.29, 0.717) is 11.4 Å². The van der Waals surface area contributed by atoms with Crippen LogP contribution in [0, 0.1) is 5.92 Å². The van der Waals surface area contributed by atoms with Crippen LogP contribution in [0.3, 0.4) is 0 Å². The number of hydrogen-bond acceptors (Lipinski definition) is 4. The fraction of sp³-hybridized carbons (Fsp3) is 0.471. The third-order valence-electron chi connectivity index (χ3n) is 4.97. The van der Waals surface area contributed by atoms with E-state index in [0.717, 1.165) is 24.2 Å². The maximum atomic E-state index is 12.8. The number of carbonyl (C=O) groups is 3. The van der Waals surface area contributed by atoms with Gasteiger partial charge in [0.1, 0.15) is 12.1 Å². The Hall–Kier alpha value is -1.50. The first-order chi connectivity index (χ1) is 12.2. The topological polar surface area (TPSA) is 75.7 Å². The quantitative estimate of drug-likeness (QED) is 0.455. The highest BCUT2D eigenvalue weighted by molar-refractivity contribution is 6.40. The van der Waals surface area contributed by atoms with Crippen LogP contribution in [0.15, 0.2) is 12.1 Å². The summed E-state index contributed by atoms with van der Waals surface area (Å²) < 4.78 is 5.16. The van der Waals surface area contributed by atoms with Gasteiger partial charge in [-0.1, -0.05) is 54.6 Å². The second-order valence-corrected chi connectivity index (χ2v) is 7.86. The van der Waals surface area contributed by atoms with E-state index in [1.54, 1.807) is 0 Å². The lowest BCUT2D eigenvalue weighted by Crippen LogP contribution is -2.54. The van der Waals surface area contributed by atoms with Gasteiger partial charge in [-0.15, -0.1) is 0 Å². The van der Waals surface area contributed by atoms with E-state index in [2.05, 4.69) is 5.32 Å². The lowest BCUT2D eigenvalue weighted by Gasteiger charge is -2.36. The minimum Gasteiger partial charge on any atom is -0.422 e. The summed E-state index contributed by atoms with van der Waals surface area (Å²) in [6.45, 7) is 1.42. The number of carbonyl (C=O) groups excluding carboxylic acids is 3. The summed E-state index contributed by atoms with van der Waals surface area (Å²) in [4.78, 5) is 38.3. The second-order valence-electron chi connectivity index (χ2n) is 6.61. The first-order valence-electron chi connectivity index (χ1n) is 8.24. The van der Waals surface area contributed by atoms with Crippen molar-refractivity contribution >= 4 is 52.7 Å². The van der Waals surface area contributed by atoms with E-state index in [9.17, 15) is 14.4 Å². The molecule has 1 saturated carbocycles. The van der Waals surface area contributed by atoms with E-state index in [1.165, 1.54) is 12.1 Å². The van der Waals surface area contributed by atoms with Gasteiger partial charge in [-0.2, -0.15) is 0 Å². The summed E-state index contributed by atoms with van der Waals surface area (Å²) >= 11 is 17.8. The lowest BCUT2D eigenvalue weighted by atomic mass is 9.73. The summed E-state index contributed by atoms with van der Waals surface area (Å²) in [5.41, 5.74) is -0.925. The predicted molar refractivity (Wildman–Crippen MR) is 97.7 cm³/mol. The van der Waals surface area contributed by atoms with Gasteiger partial charge in [0.15, 0.2) is 5.75 Å². The normalized spacial score (nSPS) is 25.5. The maximum Gasteiger partial charge on any atom is 0.331 e. The number of ether oxygens (including phenoxy) is 1. The van der Waals surface area contributed by atoms with E-state index >= 15 is 0 Å². The highest BCUT2D eigenvalue weighted by Gasteiger charge is 2.55. The molecule has 0 bridgehead atoms. The molecule has 1 aliphatic carbocycles. The van der Waals surface area contributed by atoms with Gasteiger partial charge in [0.25, 0.3) is 5.91 Å². The minimum absolute atomic E-state index is 0.00822. The molecule has 1 saturated heterocycles. The maximum absolute atomic E-state index is 12.8. The van der Waals surface area contributed by atoms with Crippen LogP contribution in [0.25, 0.3) is 0 Å². The smallest absolute Gasteiger partial charge is 0.331 e. The van der Waals surface area contributed by atoms with Crippen molar-refractivity contribution in [3.63, 3.8) is 0 Å². The molecule has 1 N–H and O–H groups in total. The predicted octanol–water partition coefficient (Wildman–Crippen LogP) is 4.05. The number of urea groups is 1. The summed E-state index contributed by atoms with van der Waals surface area (Å²) in [5.74, 6) is -1.26. The molecule has 9 heteroatoms. The molecule has 26 heavy (non-hydrogen) atoms. The minimum atomic E-state index is -0.925. The Bertz CT molecular complexity index is 762. The van der Waals surface area contributed by atoms with Crippen LogP contribution in [-0.2, 0) is 9.59 Å². The Morgan fingerprint density at radius 3 is 2.54 bits per heavy atom. The zero-order chi connectivity index (χ0) is 19.1. The fourth-order valence-electron chi connectivity index (χ4n) is 3.54. The van der Waals surface area contributed by atoms with Crippen LogP contribution in [0.1, 0.15) is 32.6 Å². The lowest BCUT2D eigenvalue weighted by molar-refractivity contribution is -0.142. The number of nitrogens with one attached hydrogen (secondary N) is 1. The van der Waals surface area contributed by atoms with Gasteiger partial charge in [-0.3, -0.25) is 9.69 Å². The standard InChI is InChI=1S/C17H17Cl3N2O4/c1-9-4-2-3-5-17(9)15(24)22(16(25)21-17)8-13(23)26-14-11(19)6-10(18)7-12(14)20/h6-7,9H,2-5,8H2,1H3,(H,21,25). The van der Waals surface area contributed by atoms with Gasteiger partial charge >= 0.3 is 12.0 Å². The van der Waals surface area contributed by atoms with Crippen molar-refractivity contribution in [2.75, 3.05) is 6.54 Å². The molecule has 2 atom stereocenters. The molecule has 3 rings (SSSR count). The van der Waals surface area contributed by atoms with E-state index in [4.69, 9.17) is 39.5 Å². The number of rotatable bonds is 3. The van der Waals surface area contributed by atoms with Gasteiger partial charge in [0.05, 0.1) is 10.0 Å². The molecule has 1 spiro atoms. The molecule has 0 aromatic heterocycles. The molecule has 2 unspecified atom stereocenters. The van der Waals surface area contributed by atoms with E-state index in [-0.39, 0.29) is 27.6 Å². The number of hydrogen-bond donors (Lipinski definition) is 1. The van der Waals surface area contributed by atoms with Crippen molar-refractivity contribution in [2.45, 2.75) is 38.1 Å². The number of halogens is 3. The van der Waals surface area contributed by atoms with Crippen LogP contribution in [-0.4, -0.2) is 34.9 Å². The van der Waals surface area contributed by atoms with Crippen molar-refractivity contribution in [3.8, 4) is 5.75 Å². The van der Waals surface area contributed by atoms with Crippen molar-refractivity contribution in [2.24, 2.45) is 5.92 Å². The molecule has 2 aliphatic rings. The molecular formula is C17H17Cl3N2O4. The van der Waals surface area contributed by atoms with E-state index < -0.39 is 24.1 Å². The molecule has 1 aliphatic heterocycles. The van der Waals surface area contributed by atoms with Crippen LogP contribution in [0.4, 0.5) is 4.79 Å². The molecule has 1 aromatic carbocycles. The van der Waals surface area contributed by atoms with Crippen LogP contribution in [0.5, 0.6) is 5.75 Å². The van der Waals surface area contributed by atoms with Crippen LogP contribution >= 0.6 is 34.8 Å². The molecule has 1 aromatic rings. The van der Waals surface area contributed by atoms with Crippen molar-refractivity contribution < 1.29 is 19.1 Å². The van der Waals surface area contributed by atoms with E-state index in [1.807, 2.05) is 6.92 Å². The summed E-state index contributed by atoms with van der Waals surface area (Å²) in [6.07, 6.45) is 3.28. The van der Waals surface area contributed by atoms with Crippen molar-refractivity contribution in [1.82, 2.24) is 10.2 Å². The Morgan fingerprint density at radius 2 is 1.92 bits per heavy atom. The highest BCUT2D eigenvalue weighted by atomic mass is 35.5. The van der Waals surface area contributed by atoms with Gasteiger partial charge in [0.2, 0.25) is 0 Å². The first-order valence-corrected chi connectivity index (χ1v) is 9.37. The number of amides is 3. The average Bonchev–Trinajstić information content (AvgIpc) is 2.79. The molecular weight excluding hydrogens is 403 g/mol. The number of nitrogens with zero attached hydrogens (tertiary/aromatic N) is 1. The Balaban J connectivity index is 1.74. The third kappa shape index (κ3) is 3.38. The molecule has 6 nitrogen and oxygen atoms in total. The van der Waals surface area contributed by atoms with Gasteiger partial charge in [-0.05, 0) is 30.9 Å². The summed E-state index contributed by atoms with van der Waals surface area (Å²) in [5, 5.41) is 3.19.